The molecule has 140 valence electrons. The van der Waals surface area contributed by atoms with Crippen molar-refractivity contribution in [1.29, 1.82) is 0 Å². The number of ether oxygens (including phenoxy) is 1. The summed E-state index contributed by atoms with van der Waals surface area (Å²) < 4.78 is 5.74. The monoisotopic (exact) mass is 357 g/mol. The molecule has 0 aliphatic heterocycles. The lowest BCUT2D eigenvalue weighted by Gasteiger charge is -2.15. The van der Waals surface area contributed by atoms with Gasteiger partial charge in [-0.2, -0.15) is 0 Å². The number of para-hydroxylation sites is 2. The summed E-state index contributed by atoms with van der Waals surface area (Å²) in [6, 6.07) is 9.01. The van der Waals surface area contributed by atoms with Gasteiger partial charge in [0.25, 0.3) is 5.91 Å². The first-order valence-electron chi connectivity index (χ1n) is 8.66. The maximum absolute atomic E-state index is 12.6. The largest absolute Gasteiger partial charge is 0.489 e. The summed E-state index contributed by atoms with van der Waals surface area (Å²) in [5.74, 6) is 1.50. The third kappa shape index (κ3) is 6.00. The minimum absolute atomic E-state index is 0.0156. The van der Waals surface area contributed by atoms with Gasteiger partial charge in [0.15, 0.2) is 0 Å². The summed E-state index contributed by atoms with van der Waals surface area (Å²) in [6.45, 7) is 7.25. The molecule has 0 spiro atoms. The molecule has 0 atom stereocenters. The van der Waals surface area contributed by atoms with Gasteiger partial charge >= 0.3 is 0 Å². The molecule has 0 saturated heterocycles. The van der Waals surface area contributed by atoms with Crippen molar-refractivity contribution >= 4 is 17.4 Å². The van der Waals surface area contributed by atoms with Crippen LogP contribution in [0.1, 0.15) is 30.2 Å². The van der Waals surface area contributed by atoms with Gasteiger partial charge in [0.1, 0.15) is 23.1 Å². The normalized spacial score (nSPS) is 10.9. The van der Waals surface area contributed by atoms with Crippen molar-refractivity contribution in [3.8, 4) is 5.75 Å². The smallest absolute Gasteiger partial charge is 0.274 e. The van der Waals surface area contributed by atoms with E-state index in [1.165, 1.54) is 0 Å². The second-order valence-electron chi connectivity index (χ2n) is 6.53. The van der Waals surface area contributed by atoms with Crippen molar-refractivity contribution in [2.75, 3.05) is 37.8 Å². The highest BCUT2D eigenvalue weighted by molar-refractivity contribution is 6.04. The molecule has 0 aliphatic rings. The summed E-state index contributed by atoms with van der Waals surface area (Å²) in [5, 5.41) is 6.09. The number of aryl methyl sites for hydroxylation is 1. The summed E-state index contributed by atoms with van der Waals surface area (Å²) in [7, 11) is 4.00. The fraction of sp³-hybridized carbons (Fsp3) is 0.421. The number of nitrogens with one attached hydrogen (secondary N) is 2. The Morgan fingerprint density at radius 1 is 1.23 bits per heavy atom. The lowest BCUT2D eigenvalue weighted by molar-refractivity contribution is 0.102. The SMILES string of the molecule is Cc1nc(NCCN(C)C)cc(C(=O)Nc2ccccc2OC(C)C)n1. The molecular formula is C19H27N5O2. The van der Waals surface area contributed by atoms with Crippen LogP contribution in [0.4, 0.5) is 11.5 Å². The van der Waals surface area contributed by atoms with Crippen molar-refractivity contribution < 1.29 is 9.53 Å². The molecule has 0 radical (unpaired) electrons. The number of benzene rings is 1. The number of hydrogen-bond donors (Lipinski definition) is 2. The van der Waals surface area contributed by atoms with E-state index in [4.69, 9.17) is 4.74 Å². The van der Waals surface area contributed by atoms with E-state index in [9.17, 15) is 4.79 Å². The Bertz CT molecular complexity index is 746. The molecule has 2 aromatic rings. The number of amides is 1. The van der Waals surface area contributed by atoms with Gasteiger partial charge in [-0.1, -0.05) is 12.1 Å². The lowest BCUT2D eigenvalue weighted by Crippen LogP contribution is -2.22. The molecule has 0 fully saturated rings. The third-order valence-electron chi connectivity index (χ3n) is 3.43. The maximum atomic E-state index is 12.6. The van der Waals surface area contributed by atoms with Crippen molar-refractivity contribution in [3.05, 3.63) is 41.9 Å². The number of anilines is 2. The Balaban J connectivity index is 2.13. The molecule has 1 aromatic carbocycles. The van der Waals surface area contributed by atoms with Gasteiger partial charge in [0, 0.05) is 19.2 Å². The number of carbonyl (C=O) groups is 1. The van der Waals surface area contributed by atoms with E-state index < -0.39 is 0 Å². The number of rotatable bonds is 8. The van der Waals surface area contributed by atoms with Gasteiger partial charge in [-0.25, -0.2) is 9.97 Å². The van der Waals surface area contributed by atoms with Gasteiger partial charge in [0.05, 0.1) is 11.8 Å². The van der Waals surface area contributed by atoms with Crippen LogP contribution in [0.2, 0.25) is 0 Å². The second kappa shape index (κ2) is 9.15. The van der Waals surface area contributed by atoms with Crippen molar-refractivity contribution in [1.82, 2.24) is 14.9 Å². The van der Waals surface area contributed by atoms with E-state index >= 15 is 0 Å². The lowest BCUT2D eigenvalue weighted by atomic mass is 10.2. The van der Waals surface area contributed by atoms with Crippen LogP contribution in [0.3, 0.4) is 0 Å². The molecule has 2 N–H and O–H groups in total. The number of hydrogen-bond acceptors (Lipinski definition) is 6. The Labute approximate surface area is 154 Å². The molecule has 1 heterocycles. The first kappa shape index (κ1) is 19.7. The average Bonchev–Trinajstić information content (AvgIpc) is 2.55. The Morgan fingerprint density at radius 3 is 2.65 bits per heavy atom. The van der Waals surface area contributed by atoms with E-state index in [1.54, 1.807) is 19.1 Å². The highest BCUT2D eigenvalue weighted by Crippen LogP contribution is 2.25. The highest BCUT2D eigenvalue weighted by atomic mass is 16.5. The Kier molecular flexibility index (Phi) is 6.91. The highest BCUT2D eigenvalue weighted by Gasteiger charge is 2.14. The predicted molar refractivity (Wildman–Crippen MR) is 104 cm³/mol. The predicted octanol–water partition coefficient (Wildman–Crippen LogP) is 2.80. The number of aromatic nitrogens is 2. The summed E-state index contributed by atoms with van der Waals surface area (Å²) in [5.41, 5.74) is 0.925. The zero-order chi connectivity index (χ0) is 19.1. The van der Waals surface area contributed by atoms with Crippen LogP contribution in [-0.4, -0.2) is 54.1 Å². The number of carbonyl (C=O) groups excluding carboxylic acids is 1. The minimum Gasteiger partial charge on any atom is -0.489 e. The molecular weight excluding hydrogens is 330 g/mol. The first-order chi connectivity index (χ1) is 12.3. The van der Waals surface area contributed by atoms with Crippen LogP contribution in [-0.2, 0) is 0 Å². The molecule has 7 heteroatoms. The standard InChI is InChI=1S/C19H27N5O2/c1-13(2)26-17-9-7-6-8-15(17)23-19(25)16-12-18(22-14(3)21-16)20-10-11-24(4)5/h6-9,12-13H,10-11H2,1-5H3,(H,23,25)(H,20,21,22). The number of likely N-dealkylation sites (N-methyl/N-ethyl adjacent to an activating group) is 1. The topological polar surface area (TPSA) is 79.4 Å². The van der Waals surface area contributed by atoms with E-state index in [1.807, 2.05) is 46.1 Å². The molecule has 26 heavy (non-hydrogen) atoms. The van der Waals surface area contributed by atoms with Gasteiger partial charge < -0.3 is 20.3 Å². The Morgan fingerprint density at radius 2 is 1.96 bits per heavy atom. The Hall–Kier alpha value is -2.67. The van der Waals surface area contributed by atoms with Crippen molar-refractivity contribution in [2.45, 2.75) is 26.9 Å². The number of nitrogens with zero attached hydrogens (tertiary/aromatic N) is 3. The fourth-order valence-electron chi connectivity index (χ4n) is 2.30. The molecule has 0 saturated carbocycles. The maximum Gasteiger partial charge on any atom is 0.274 e. The molecule has 0 unspecified atom stereocenters. The van der Waals surface area contributed by atoms with Crippen LogP contribution in [0.15, 0.2) is 30.3 Å². The first-order valence-corrected chi connectivity index (χ1v) is 8.66. The van der Waals surface area contributed by atoms with E-state index in [0.29, 0.717) is 28.8 Å². The van der Waals surface area contributed by atoms with Crippen LogP contribution < -0.4 is 15.4 Å². The fourth-order valence-corrected chi connectivity index (χ4v) is 2.30. The van der Waals surface area contributed by atoms with Crippen LogP contribution in [0, 0.1) is 6.92 Å². The van der Waals surface area contributed by atoms with Gasteiger partial charge in [-0.3, -0.25) is 4.79 Å². The van der Waals surface area contributed by atoms with Crippen LogP contribution in [0.5, 0.6) is 5.75 Å². The van der Waals surface area contributed by atoms with Gasteiger partial charge in [-0.15, -0.1) is 0 Å². The quantitative estimate of drug-likeness (QED) is 0.756. The molecule has 0 aliphatic carbocycles. The molecule has 1 aromatic heterocycles. The molecule has 0 bridgehead atoms. The minimum atomic E-state index is -0.300. The summed E-state index contributed by atoms with van der Waals surface area (Å²) in [4.78, 5) is 23.3. The zero-order valence-electron chi connectivity index (χ0n) is 16.0. The summed E-state index contributed by atoms with van der Waals surface area (Å²) >= 11 is 0. The molecule has 1 amide bonds. The van der Waals surface area contributed by atoms with E-state index in [0.717, 1.165) is 13.1 Å². The average molecular weight is 357 g/mol. The van der Waals surface area contributed by atoms with Crippen LogP contribution in [0.25, 0.3) is 0 Å². The molecule has 2 rings (SSSR count). The van der Waals surface area contributed by atoms with Crippen molar-refractivity contribution in [2.24, 2.45) is 0 Å². The zero-order valence-corrected chi connectivity index (χ0v) is 16.0. The summed E-state index contributed by atoms with van der Waals surface area (Å²) in [6.07, 6.45) is 0.0156. The molecule has 7 nitrogen and oxygen atoms in total. The van der Waals surface area contributed by atoms with Gasteiger partial charge in [0.2, 0.25) is 0 Å². The van der Waals surface area contributed by atoms with Crippen LogP contribution >= 0.6 is 0 Å². The van der Waals surface area contributed by atoms with E-state index in [-0.39, 0.29) is 12.0 Å². The van der Waals surface area contributed by atoms with Crippen molar-refractivity contribution in [3.63, 3.8) is 0 Å². The second-order valence-corrected chi connectivity index (χ2v) is 6.53. The van der Waals surface area contributed by atoms with E-state index in [2.05, 4.69) is 25.5 Å². The van der Waals surface area contributed by atoms with Gasteiger partial charge in [-0.05, 0) is 47.0 Å². The third-order valence-corrected chi connectivity index (χ3v) is 3.43.